The number of para-hydroxylation sites is 1. The summed E-state index contributed by atoms with van der Waals surface area (Å²) < 4.78 is 38.6. The van der Waals surface area contributed by atoms with Crippen molar-refractivity contribution in [3.05, 3.63) is 59.2 Å². The van der Waals surface area contributed by atoms with Gasteiger partial charge in [0.05, 0.1) is 29.1 Å². The topological polar surface area (TPSA) is 83.8 Å². The minimum Gasteiger partial charge on any atom is -0.369 e. The molecule has 0 aliphatic rings. The first kappa shape index (κ1) is 17.8. The molecule has 0 bridgehead atoms. The largest absolute Gasteiger partial charge is 0.416 e. The fourth-order valence-electron chi connectivity index (χ4n) is 2.76. The van der Waals surface area contributed by atoms with Crippen molar-refractivity contribution in [2.24, 2.45) is 5.73 Å². The number of H-pyrrole nitrogens is 1. The maximum Gasteiger partial charge on any atom is 0.416 e. The van der Waals surface area contributed by atoms with Crippen LogP contribution in [0.4, 0.5) is 19.1 Å². The number of carbonyl (C=O) groups is 1. The molecule has 3 aromatic rings. The average molecular weight is 362 g/mol. The molecule has 0 aliphatic heterocycles. The number of carbonyl (C=O) groups excluding carboxylic acids is 1. The van der Waals surface area contributed by atoms with Gasteiger partial charge in [-0.3, -0.25) is 4.79 Å². The highest BCUT2D eigenvalue weighted by Gasteiger charge is 2.30. The number of imidazole rings is 1. The summed E-state index contributed by atoms with van der Waals surface area (Å²) in [6.07, 6.45) is -4.33. The predicted molar refractivity (Wildman–Crippen MR) is 92.5 cm³/mol. The number of alkyl halides is 3. The van der Waals surface area contributed by atoms with Crippen molar-refractivity contribution in [1.82, 2.24) is 9.97 Å². The minimum atomic E-state index is -4.39. The number of amides is 1. The Morgan fingerprint density at radius 1 is 1.27 bits per heavy atom. The van der Waals surface area contributed by atoms with Gasteiger partial charge in [0.1, 0.15) is 0 Å². The van der Waals surface area contributed by atoms with Crippen molar-refractivity contribution in [1.29, 1.82) is 0 Å². The van der Waals surface area contributed by atoms with Crippen LogP contribution >= 0.6 is 0 Å². The van der Waals surface area contributed by atoms with E-state index < -0.39 is 23.7 Å². The minimum absolute atomic E-state index is 0.0603. The first-order valence-electron chi connectivity index (χ1n) is 7.93. The second-order valence-corrected chi connectivity index (χ2v) is 6.03. The van der Waals surface area contributed by atoms with Crippen LogP contribution in [0.1, 0.15) is 29.7 Å². The van der Waals surface area contributed by atoms with E-state index in [1.807, 2.05) is 0 Å². The summed E-state index contributed by atoms with van der Waals surface area (Å²) in [7, 11) is 0. The number of primary amides is 1. The molecule has 5 nitrogen and oxygen atoms in total. The molecule has 1 aromatic heterocycles. The zero-order chi connectivity index (χ0) is 18.9. The van der Waals surface area contributed by atoms with E-state index in [4.69, 9.17) is 5.73 Å². The van der Waals surface area contributed by atoms with Gasteiger partial charge in [-0.15, -0.1) is 0 Å². The Morgan fingerprint density at radius 3 is 2.69 bits per heavy atom. The summed E-state index contributed by atoms with van der Waals surface area (Å²) in [6, 6.07) is 10.1. The first-order chi connectivity index (χ1) is 12.2. The highest BCUT2D eigenvalue weighted by Crippen LogP contribution is 2.31. The standard InChI is InChI=1S/C18H17F3N4O/c1-10(11-4-2-6-13(8-11)18(19,20)21)23-17-24-14-7-3-5-12(9-15(22)26)16(14)25-17/h2-8,10H,9H2,1H3,(H2,22,26)(H2,23,24,25)/t10-/m0/s1. The number of rotatable bonds is 5. The lowest BCUT2D eigenvalue weighted by Crippen LogP contribution is -2.13. The van der Waals surface area contributed by atoms with Crippen molar-refractivity contribution in [3.63, 3.8) is 0 Å². The van der Waals surface area contributed by atoms with Crippen LogP contribution in [-0.2, 0) is 17.4 Å². The number of nitrogens with zero attached hydrogens (tertiary/aromatic N) is 1. The van der Waals surface area contributed by atoms with Crippen LogP contribution in [0.5, 0.6) is 0 Å². The molecule has 1 heterocycles. The van der Waals surface area contributed by atoms with Gasteiger partial charge < -0.3 is 16.0 Å². The van der Waals surface area contributed by atoms with Gasteiger partial charge in [0, 0.05) is 0 Å². The summed E-state index contributed by atoms with van der Waals surface area (Å²) in [5, 5.41) is 3.06. The van der Waals surface area contributed by atoms with Gasteiger partial charge in [0.25, 0.3) is 0 Å². The Balaban J connectivity index is 1.86. The van der Waals surface area contributed by atoms with E-state index in [0.717, 1.165) is 12.1 Å². The molecule has 0 fully saturated rings. The molecule has 2 aromatic carbocycles. The molecule has 0 aliphatic carbocycles. The Bertz CT molecular complexity index is 949. The molecule has 26 heavy (non-hydrogen) atoms. The number of halogens is 3. The lowest BCUT2D eigenvalue weighted by atomic mass is 10.1. The van der Waals surface area contributed by atoms with E-state index in [9.17, 15) is 18.0 Å². The Morgan fingerprint density at radius 2 is 2.00 bits per heavy atom. The summed E-state index contributed by atoms with van der Waals surface area (Å²) in [6.45, 7) is 1.74. The maximum atomic E-state index is 12.9. The molecule has 0 radical (unpaired) electrons. The van der Waals surface area contributed by atoms with Gasteiger partial charge in [0.2, 0.25) is 11.9 Å². The van der Waals surface area contributed by atoms with Crippen LogP contribution in [0.25, 0.3) is 11.0 Å². The van der Waals surface area contributed by atoms with E-state index >= 15 is 0 Å². The average Bonchev–Trinajstić information content (AvgIpc) is 2.97. The number of nitrogens with two attached hydrogens (primary N) is 1. The molecule has 4 N–H and O–H groups in total. The van der Waals surface area contributed by atoms with Crippen LogP contribution in [-0.4, -0.2) is 15.9 Å². The van der Waals surface area contributed by atoms with E-state index in [1.165, 1.54) is 6.07 Å². The van der Waals surface area contributed by atoms with Gasteiger partial charge in [-0.05, 0) is 36.2 Å². The smallest absolute Gasteiger partial charge is 0.369 e. The third-order valence-corrected chi connectivity index (χ3v) is 4.03. The second-order valence-electron chi connectivity index (χ2n) is 6.03. The summed E-state index contributed by atoms with van der Waals surface area (Å²) in [4.78, 5) is 18.6. The van der Waals surface area contributed by atoms with Crippen LogP contribution in [0.3, 0.4) is 0 Å². The van der Waals surface area contributed by atoms with Gasteiger partial charge in [-0.2, -0.15) is 13.2 Å². The quantitative estimate of drug-likeness (QED) is 0.646. The van der Waals surface area contributed by atoms with E-state index in [-0.39, 0.29) is 6.42 Å². The number of hydrogen-bond donors (Lipinski definition) is 3. The highest BCUT2D eigenvalue weighted by atomic mass is 19.4. The predicted octanol–water partition coefficient (Wildman–Crippen LogP) is 3.78. The first-order valence-corrected chi connectivity index (χ1v) is 7.93. The molecular formula is C18H17F3N4O. The fourth-order valence-corrected chi connectivity index (χ4v) is 2.76. The maximum absolute atomic E-state index is 12.9. The van der Waals surface area contributed by atoms with Gasteiger partial charge in [-0.25, -0.2) is 4.98 Å². The van der Waals surface area contributed by atoms with Crippen LogP contribution < -0.4 is 11.1 Å². The van der Waals surface area contributed by atoms with Crippen molar-refractivity contribution in [3.8, 4) is 0 Å². The van der Waals surface area contributed by atoms with Crippen LogP contribution in [0, 0.1) is 0 Å². The molecule has 0 spiro atoms. The summed E-state index contributed by atoms with van der Waals surface area (Å²) in [5.41, 5.74) is 7.03. The Labute approximate surface area is 147 Å². The molecule has 1 atom stereocenters. The molecule has 136 valence electrons. The normalized spacial score (nSPS) is 12.9. The lowest BCUT2D eigenvalue weighted by molar-refractivity contribution is -0.137. The van der Waals surface area contributed by atoms with Gasteiger partial charge in [-0.1, -0.05) is 24.3 Å². The number of aromatic amines is 1. The molecule has 0 saturated carbocycles. The van der Waals surface area contributed by atoms with E-state index in [0.29, 0.717) is 28.1 Å². The zero-order valence-electron chi connectivity index (χ0n) is 13.9. The monoisotopic (exact) mass is 362 g/mol. The molecule has 0 unspecified atom stereocenters. The molecular weight excluding hydrogens is 345 g/mol. The van der Waals surface area contributed by atoms with Gasteiger partial charge in [0.15, 0.2) is 0 Å². The fraction of sp³-hybridized carbons (Fsp3) is 0.222. The number of hydrogen-bond acceptors (Lipinski definition) is 3. The van der Waals surface area contributed by atoms with E-state index in [1.54, 1.807) is 31.2 Å². The number of nitrogens with one attached hydrogen (secondary N) is 2. The van der Waals surface area contributed by atoms with Crippen molar-refractivity contribution >= 4 is 22.9 Å². The SMILES string of the molecule is C[C@H](Nc1nc2c(CC(N)=O)cccc2[nH]1)c1cccc(C(F)(F)F)c1. The molecule has 3 rings (SSSR count). The summed E-state index contributed by atoms with van der Waals surface area (Å²) in [5.74, 6) is -0.0609. The van der Waals surface area contributed by atoms with Crippen LogP contribution in [0.2, 0.25) is 0 Å². The number of anilines is 1. The third-order valence-electron chi connectivity index (χ3n) is 4.03. The number of benzene rings is 2. The molecule has 8 heteroatoms. The second kappa shape index (κ2) is 6.70. The van der Waals surface area contributed by atoms with Crippen molar-refractivity contribution in [2.75, 3.05) is 5.32 Å². The van der Waals surface area contributed by atoms with Crippen molar-refractivity contribution < 1.29 is 18.0 Å². The van der Waals surface area contributed by atoms with E-state index in [2.05, 4.69) is 15.3 Å². The Hall–Kier alpha value is -3.03. The molecule has 1 amide bonds. The molecule has 0 saturated heterocycles. The number of aromatic nitrogens is 2. The zero-order valence-corrected chi connectivity index (χ0v) is 13.9. The van der Waals surface area contributed by atoms with Crippen LogP contribution in [0.15, 0.2) is 42.5 Å². The highest BCUT2D eigenvalue weighted by molar-refractivity contribution is 5.86. The third kappa shape index (κ3) is 3.79. The van der Waals surface area contributed by atoms with Gasteiger partial charge >= 0.3 is 6.18 Å². The lowest BCUT2D eigenvalue weighted by Gasteiger charge is -2.15. The Kier molecular flexibility index (Phi) is 4.58. The van der Waals surface area contributed by atoms with Crippen molar-refractivity contribution in [2.45, 2.75) is 25.6 Å². The summed E-state index contributed by atoms with van der Waals surface area (Å²) >= 11 is 0. The number of fused-ring (bicyclic) bond motifs is 1.